The third-order valence-electron chi connectivity index (χ3n) is 5.21. The molecule has 0 aliphatic rings. The molecule has 0 aliphatic heterocycles. The van der Waals surface area contributed by atoms with E-state index in [4.69, 9.17) is 9.72 Å². The van der Waals surface area contributed by atoms with Crippen molar-refractivity contribution in [2.24, 2.45) is 0 Å². The Labute approximate surface area is 192 Å². The lowest BCUT2D eigenvalue weighted by atomic mass is 9.86. The summed E-state index contributed by atoms with van der Waals surface area (Å²) < 4.78 is 6.74. The van der Waals surface area contributed by atoms with Gasteiger partial charge in [0.15, 0.2) is 5.13 Å². The molecule has 5 nitrogen and oxygen atoms in total. The number of hydrogen-bond acceptors (Lipinski definition) is 5. The Morgan fingerprint density at radius 3 is 2.50 bits per heavy atom. The van der Waals surface area contributed by atoms with E-state index in [9.17, 15) is 4.79 Å². The number of ether oxygens (including phenoxy) is 1. The van der Waals surface area contributed by atoms with Crippen molar-refractivity contribution in [3.8, 4) is 5.75 Å². The maximum Gasteiger partial charge on any atom is 0.260 e. The number of thiazole rings is 1. The van der Waals surface area contributed by atoms with Crippen LogP contribution >= 0.6 is 11.3 Å². The number of hydrogen-bond donors (Lipinski definition) is 0. The van der Waals surface area contributed by atoms with Crippen molar-refractivity contribution in [1.82, 2.24) is 9.97 Å². The fraction of sp³-hybridized carbons (Fsp3) is 0.269. The number of pyridine rings is 1. The molecule has 0 radical (unpaired) electrons. The molecule has 4 aromatic rings. The van der Waals surface area contributed by atoms with E-state index in [-0.39, 0.29) is 11.3 Å². The van der Waals surface area contributed by atoms with Crippen LogP contribution in [0.4, 0.5) is 5.13 Å². The van der Waals surface area contributed by atoms with Crippen molar-refractivity contribution in [2.75, 3.05) is 11.5 Å². The second kappa shape index (κ2) is 9.09. The molecular formula is C26H27N3O2S. The standard InChI is InChI=1S/C26H27N3O2S/c1-5-31-21-9-6-10-22-23(21)28-25(32-22)29(17-18-8-7-15-27-16-18)24(30)19-11-13-20(14-12-19)26(2,3)4/h6-16H,5,17H2,1-4H3. The van der Waals surface area contributed by atoms with Crippen LogP contribution in [-0.4, -0.2) is 22.5 Å². The summed E-state index contributed by atoms with van der Waals surface area (Å²) in [6.45, 7) is 9.38. The number of nitrogens with zero attached hydrogens (tertiary/aromatic N) is 3. The largest absolute Gasteiger partial charge is 0.492 e. The Hall–Kier alpha value is -3.25. The van der Waals surface area contributed by atoms with Crippen molar-refractivity contribution in [1.29, 1.82) is 0 Å². The van der Waals surface area contributed by atoms with Crippen molar-refractivity contribution in [3.63, 3.8) is 0 Å². The second-order valence-corrected chi connectivity index (χ2v) is 9.62. The molecule has 0 unspecified atom stereocenters. The number of anilines is 1. The van der Waals surface area contributed by atoms with Gasteiger partial charge in [-0.15, -0.1) is 0 Å². The normalized spacial score (nSPS) is 11.5. The number of carbonyl (C=O) groups is 1. The lowest BCUT2D eigenvalue weighted by Crippen LogP contribution is -2.30. The molecule has 0 spiro atoms. The molecule has 0 atom stereocenters. The second-order valence-electron chi connectivity index (χ2n) is 8.61. The average molecular weight is 446 g/mol. The highest BCUT2D eigenvalue weighted by molar-refractivity contribution is 7.22. The molecule has 0 fully saturated rings. The lowest BCUT2D eigenvalue weighted by Gasteiger charge is -2.22. The number of para-hydroxylation sites is 1. The summed E-state index contributed by atoms with van der Waals surface area (Å²) in [5.41, 5.74) is 3.57. The minimum Gasteiger partial charge on any atom is -0.492 e. The maximum atomic E-state index is 13.6. The van der Waals surface area contributed by atoms with Gasteiger partial charge >= 0.3 is 0 Å². The van der Waals surface area contributed by atoms with Crippen LogP contribution in [0.1, 0.15) is 49.2 Å². The van der Waals surface area contributed by atoms with Gasteiger partial charge in [0.1, 0.15) is 11.3 Å². The number of benzene rings is 2. The van der Waals surface area contributed by atoms with Gasteiger partial charge in [-0.05, 0) is 53.8 Å². The van der Waals surface area contributed by atoms with Crippen molar-refractivity contribution in [2.45, 2.75) is 39.7 Å². The molecule has 0 saturated carbocycles. The van der Waals surface area contributed by atoms with Crippen LogP contribution in [0.15, 0.2) is 67.0 Å². The predicted molar refractivity (Wildman–Crippen MR) is 131 cm³/mol. The Balaban J connectivity index is 1.74. The lowest BCUT2D eigenvalue weighted by molar-refractivity contribution is 0.0985. The topological polar surface area (TPSA) is 55.3 Å². The SMILES string of the molecule is CCOc1cccc2sc(N(Cc3cccnc3)C(=O)c3ccc(C(C)(C)C)cc3)nc12. The first kappa shape index (κ1) is 22.0. The van der Waals surface area contributed by atoms with E-state index in [0.717, 1.165) is 21.5 Å². The molecule has 4 rings (SSSR count). The van der Waals surface area contributed by atoms with Crippen molar-refractivity contribution in [3.05, 3.63) is 83.7 Å². The Bertz CT molecular complexity index is 1210. The van der Waals surface area contributed by atoms with Crippen LogP contribution in [-0.2, 0) is 12.0 Å². The van der Waals surface area contributed by atoms with Gasteiger partial charge < -0.3 is 4.74 Å². The molecule has 1 amide bonds. The maximum absolute atomic E-state index is 13.6. The van der Waals surface area contributed by atoms with Gasteiger partial charge in [0.2, 0.25) is 0 Å². The van der Waals surface area contributed by atoms with E-state index in [2.05, 4.69) is 25.8 Å². The molecule has 164 valence electrons. The summed E-state index contributed by atoms with van der Waals surface area (Å²) in [5, 5.41) is 0.640. The van der Waals surface area contributed by atoms with E-state index >= 15 is 0 Å². The molecular weight excluding hydrogens is 418 g/mol. The molecule has 32 heavy (non-hydrogen) atoms. The predicted octanol–water partition coefficient (Wildman–Crippen LogP) is 6.23. The average Bonchev–Trinajstić information content (AvgIpc) is 3.22. The number of fused-ring (bicyclic) bond motifs is 1. The molecule has 6 heteroatoms. The van der Waals surface area contributed by atoms with Crippen molar-refractivity contribution < 1.29 is 9.53 Å². The van der Waals surface area contributed by atoms with Gasteiger partial charge in [0.25, 0.3) is 5.91 Å². The minimum atomic E-state index is -0.0914. The molecule has 0 saturated heterocycles. The fourth-order valence-electron chi connectivity index (χ4n) is 3.47. The van der Waals surface area contributed by atoms with Crippen LogP contribution < -0.4 is 9.64 Å². The number of carbonyl (C=O) groups excluding carboxylic acids is 1. The zero-order chi connectivity index (χ0) is 22.7. The van der Waals surface area contributed by atoms with Crippen LogP contribution in [0.5, 0.6) is 5.75 Å². The van der Waals surface area contributed by atoms with E-state index in [1.165, 1.54) is 16.9 Å². The van der Waals surface area contributed by atoms with Gasteiger partial charge in [-0.1, -0.05) is 56.4 Å². The van der Waals surface area contributed by atoms with E-state index in [1.807, 2.05) is 61.5 Å². The third-order valence-corrected chi connectivity index (χ3v) is 6.25. The number of aromatic nitrogens is 2. The first-order valence-corrected chi connectivity index (χ1v) is 11.5. The summed E-state index contributed by atoms with van der Waals surface area (Å²) in [4.78, 5) is 24.4. The quantitative estimate of drug-likeness (QED) is 0.353. The zero-order valence-corrected chi connectivity index (χ0v) is 19.6. The number of rotatable bonds is 6. The van der Waals surface area contributed by atoms with E-state index < -0.39 is 0 Å². The van der Waals surface area contributed by atoms with Gasteiger partial charge in [-0.2, -0.15) is 0 Å². The van der Waals surface area contributed by atoms with Gasteiger partial charge in [-0.25, -0.2) is 4.98 Å². The summed E-state index contributed by atoms with van der Waals surface area (Å²) in [6, 6.07) is 17.6. The molecule has 0 aliphatic carbocycles. The van der Waals surface area contributed by atoms with Crippen LogP contribution in [0.25, 0.3) is 10.2 Å². The summed E-state index contributed by atoms with van der Waals surface area (Å²) >= 11 is 1.49. The first-order valence-electron chi connectivity index (χ1n) is 10.7. The highest BCUT2D eigenvalue weighted by Gasteiger charge is 2.23. The van der Waals surface area contributed by atoms with Gasteiger partial charge in [-0.3, -0.25) is 14.7 Å². The first-order chi connectivity index (χ1) is 15.4. The molecule has 2 aromatic heterocycles. The fourth-order valence-corrected chi connectivity index (χ4v) is 4.45. The monoisotopic (exact) mass is 445 g/mol. The highest BCUT2D eigenvalue weighted by atomic mass is 32.1. The zero-order valence-electron chi connectivity index (χ0n) is 18.8. The Morgan fingerprint density at radius 2 is 1.84 bits per heavy atom. The van der Waals surface area contributed by atoms with Gasteiger partial charge in [0.05, 0.1) is 17.9 Å². The van der Waals surface area contributed by atoms with E-state index in [0.29, 0.717) is 23.8 Å². The Morgan fingerprint density at radius 1 is 1.06 bits per heavy atom. The van der Waals surface area contributed by atoms with Crippen LogP contribution in [0, 0.1) is 0 Å². The van der Waals surface area contributed by atoms with Crippen LogP contribution in [0.3, 0.4) is 0 Å². The Kier molecular flexibility index (Phi) is 6.24. The van der Waals surface area contributed by atoms with Gasteiger partial charge in [0, 0.05) is 18.0 Å². The highest BCUT2D eigenvalue weighted by Crippen LogP contribution is 2.35. The van der Waals surface area contributed by atoms with Crippen LogP contribution in [0.2, 0.25) is 0 Å². The molecule has 2 heterocycles. The molecule has 0 bridgehead atoms. The smallest absolute Gasteiger partial charge is 0.260 e. The summed E-state index contributed by atoms with van der Waals surface area (Å²) in [7, 11) is 0. The van der Waals surface area contributed by atoms with E-state index in [1.54, 1.807) is 17.3 Å². The third kappa shape index (κ3) is 4.65. The summed E-state index contributed by atoms with van der Waals surface area (Å²) in [5.74, 6) is 0.641. The van der Waals surface area contributed by atoms with Crippen molar-refractivity contribution >= 4 is 32.6 Å². The number of amides is 1. The summed E-state index contributed by atoms with van der Waals surface area (Å²) in [6.07, 6.45) is 3.51. The minimum absolute atomic E-state index is 0.0275. The molecule has 0 N–H and O–H groups in total. The molecule has 2 aromatic carbocycles.